The van der Waals surface area contributed by atoms with Gasteiger partial charge in [-0.1, -0.05) is 24.3 Å². The van der Waals surface area contributed by atoms with Crippen LogP contribution in [0.2, 0.25) is 0 Å². The van der Waals surface area contributed by atoms with E-state index in [1.54, 1.807) is 31.4 Å². The minimum atomic E-state index is -0.572. The van der Waals surface area contributed by atoms with Gasteiger partial charge in [-0.2, -0.15) is 0 Å². The van der Waals surface area contributed by atoms with Gasteiger partial charge < -0.3 is 15.4 Å². The molecule has 6 nitrogen and oxygen atoms in total. The average molecular weight is 429 g/mol. The van der Waals surface area contributed by atoms with Gasteiger partial charge in [-0.3, -0.25) is 9.59 Å². The molecule has 2 N–H and O–H groups in total. The van der Waals surface area contributed by atoms with Crippen molar-refractivity contribution in [2.24, 2.45) is 0 Å². The molecule has 1 aromatic carbocycles. The summed E-state index contributed by atoms with van der Waals surface area (Å²) in [4.78, 5) is 38.7. The van der Waals surface area contributed by atoms with E-state index in [0.29, 0.717) is 26.0 Å². The Morgan fingerprint density at radius 3 is 2.41 bits per heavy atom. The minimum absolute atomic E-state index is 0.192. The lowest BCUT2D eigenvalue weighted by atomic mass is 10.1. The standard InChI is InChI=1S/C21H20N2O4S2/c1-4-27-21(26)16-13(3)17(19(25)22-14-9-6-5-8-12(14)2)29-20(16)23-18(24)15-10-7-11-28-15/h5-11H,4H2,1-3H3,(H,22,25)(H,23,24). The highest BCUT2D eigenvalue weighted by Crippen LogP contribution is 2.35. The summed E-state index contributed by atoms with van der Waals surface area (Å²) in [5.41, 5.74) is 2.29. The molecule has 2 aromatic heterocycles. The second-order valence-electron chi connectivity index (χ2n) is 6.18. The third-order valence-corrected chi connectivity index (χ3v) is 6.27. The van der Waals surface area contributed by atoms with Crippen LogP contribution in [-0.4, -0.2) is 24.4 Å². The first-order valence-electron chi connectivity index (χ1n) is 8.94. The number of benzene rings is 1. The third-order valence-electron chi connectivity index (χ3n) is 4.20. The second-order valence-corrected chi connectivity index (χ2v) is 8.15. The molecule has 3 aromatic rings. The van der Waals surface area contributed by atoms with Crippen molar-refractivity contribution in [1.29, 1.82) is 0 Å². The maximum absolute atomic E-state index is 12.9. The molecule has 0 radical (unpaired) electrons. The molecule has 0 aliphatic carbocycles. The van der Waals surface area contributed by atoms with Crippen molar-refractivity contribution in [3.63, 3.8) is 0 Å². The molecule has 0 bridgehead atoms. The molecule has 0 spiro atoms. The monoisotopic (exact) mass is 428 g/mol. The number of hydrogen-bond donors (Lipinski definition) is 2. The van der Waals surface area contributed by atoms with E-state index in [9.17, 15) is 14.4 Å². The van der Waals surface area contributed by atoms with Gasteiger partial charge in [-0.05, 0) is 49.4 Å². The minimum Gasteiger partial charge on any atom is -0.462 e. The van der Waals surface area contributed by atoms with Crippen LogP contribution in [0.3, 0.4) is 0 Å². The number of carbonyl (C=O) groups is 3. The number of aryl methyl sites for hydroxylation is 1. The fourth-order valence-corrected chi connectivity index (χ4v) is 4.44. The van der Waals surface area contributed by atoms with E-state index in [1.165, 1.54) is 11.3 Å². The van der Waals surface area contributed by atoms with Crippen LogP contribution < -0.4 is 10.6 Å². The van der Waals surface area contributed by atoms with Crippen molar-refractivity contribution in [2.75, 3.05) is 17.2 Å². The van der Waals surface area contributed by atoms with Crippen molar-refractivity contribution in [2.45, 2.75) is 20.8 Å². The highest BCUT2D eigenvalue weighted by molar-refractivity contribution is 7.19. The average Bonchev–Trinajstić information content (AvgIpc) is 3.32. The van der Waals surface area contributed by atoms with Crippen LogP contribution in [0.5, 0.6) is 0 Å². The van der Waals surface area contributed by atoms with Gasteiger partial charge >= 0.3 is 5.97 Å². The number of anilines is 2. The van der Waals surface area contributed by atoms with Gasteiger partial charge in [0, 0.05) is 5.69 Å². The molecule has 8 heteroatoms. The molecule has 0 fully saturated rings. The summed E-state index contributed by atoms with van der Waals surface area (Å²) >= 11 is 2.35. The summed E-state index contributed by atoms with van der Waals surface area (Å²) in [6.45, 7) is 5.47. The molecule has 2 amide bonds. The fraction of sp³-hybridized carbons (Fsp3) is 0.190. The topological polar surface area (TPSA) is 84.5 Å². The zero-order valence-electron chi connectivity index (χ0n) is 16.2. The molecule has 0 atom stereocenters. The smallest absolute Gasteiger partial charge is 0.341 e. The van der Waals surface area contributed by atoms with E-state index in [4.69, 9.17) is 4.74 Å². The Morgan fingerprint density at radius 1 is 1.00 bits per heavy atom. The quantitative estimate of drug-likeness (QED) is 0.535. The molecule has 0 unspecified atom stereocenters. The summed E-state index contributed by atoms with van der Waals surface area (Å²) in [6, 6.07) is 10.9. The lowest BCUT2D eigenvalue weighted by Crippen LogP contribution is -2.14. The van der Waals surface area contributed by atoms with Crippen LogP contribution in [-0.2, 0) is 4.74 Å². The van der Waals surface area contributed by atoms with E-state index in [2.05, 4.69) is 10.6 Å². The Morgan fingerprint density at radius 2 is 1.76 bits per heavy atom. The molecule has 0 aliphatic heterocycles. The summed E-state index contributed by atoms with van der Waals surface area (Å²) in [7, 11) is 0. The van der Waals surface area contributed by atoms with Gasteiger partial charge in [0.2, 0.25) is 0 Å². The molecule has 2 heterocycles. The van der Waals surface area contributed by atoms with Gasteiger partial charge in [-0.15, -0.1) is 22.7 Å². The van der Waals surface area contributed by atoms with Gasteiger partial charge in [-0.25, -0.2) is 4.79 Å². The predicted molar refractivity (Wildman–Crippen MR) is 116 cm³/mol. The Hall–Kier alpha value is -2.97. The van der Waals surface area contributed by atoms with E-state index in [-0.39, 0.29) is 24.0 Å². The Labute approximate surface area is 176 Å². The number of rotatable bonds is 6. The van der Waals surface area contributed by atoms with Crippen LogP contribution in [0.1, 0.15) is 47.8 Å². The molecular formula is C21H20N2O4S2. The summed E-state index contributed by atoms with van der Waals surface area (Å²) in [6.07, 6.45) is 0. The summed E-state index contributed by atoms with van der Waals surface area (Å²) in [5.74, 6) is -1.25. The fourth-order valence-electron chi connectivity index (χ4n) is 2.73. The number of carbonyl (C=O) groups excluding carboxylic acids is 3. The lowest BCUT2D eigenvalue weighted by Gasteiger charge is -2.07. The molecule has 3 rings (SSSR count). The lowest BCUT2D eigenvalue weighted by molar-refractivity contribution is 0.0527. The second kappa shape index (κ2) is 9.02. The Bertz CT molecular complexity index is 1050. The van der Waals surface area contributed by atoms with Gasteiger partial charge in [0.05, 0.1) is 21.9 Å². The van der Waals surface area contributed by atoms with E-state index < -0.39 is 5.97 Å². The molecule has 0 saturated heterocycles. The Balaban J connectivity index is 1.95. The van der Waals surface area contributed by atoms with Crippen molar-refractivity contribution < 1.29 is 19.1 Å². The first kappa shape index (κ1) is 20.8. The first-order valence-corrected chi connectivity index (χ1v) is 10.6. The number of thiophene rings is 2. The van der Waals surface area contributed by atoms with Crippen LogP contribution in [0, 0.1) is 13.8 Å². The van der Waals surface area contributed by atoms with E-state index in [0.717, 1.165) is 16.9 Å². The van der Waals surface area contributed by atoms with Gasteiger partial charge in [0.25, 0.3) is 11.8 Å². The zero-order valence-corrected chi connectivity index (χ0v) is 17.8. The summed E-state index contributed by atoms with van der Waals surface area (Å²) < 4.78 is 5.14. The highest BCUT2D eigenvalue weighted by atomic mass is 32.1. The van der Waals surface area contributed by atoms with E-state index in [1.807, 2.05) is 31.2 Å². The van der Waals surface area contributed by atoms with Crippen LogP contribution in [0.15, 0.2) is 41.8 Å². The number of para-hydroxylation sites is 1. The third kappa shape index (κ3) is 4.55. The van der Waals surface area contributed by atoms with Crippen LogP contribution >= 0.6 is 22.7 Å². The largest absolute Gasteiger partial charge is 0.462 e. The SMILES string of the molecule is CCOC(=O)c1c(NC(=O)c2cccs2)sc(C(=O)Nc2ccccc2C)c1C. The van der Waals surface area contributed by atoms with Crippen molar-refractivity contribution >= 4 is 51.1 Å². The predicted octanol–water partition coefficient (Wildman–Crippen LogP) is 5.11. The molecule has 0 saturated carbocycles. The van der Waals surface area contributed by atoms with Gasteiger partial charge in [0.1, 0.15) is 5.00 Å². The van der Waals surface area contributed by atoms with Crippen LogP contribution in [0.4, 0.5) is 10.7 Å². The number of nitrogens with one attached hydrogen (secondary N) is 2. The maximum atomic E-state index is 12.9. The highest BCUT2D eigenvalue weighted by Gasteiger charge is 2.27. The first-order chi connectivity index (χ1) is 13.9. The number of hydrogen-bond acceptors (Lipinski definition) is 6. The van der Waals surface area contributed by atoms with Crippen molar-refractivity contribution in [1.82, 2.24) is 0 Å². The van der Waals surface area contributed by atoms with Gasteiger partial charge in [0.15, 0.2) is 0 Å². The van der Waals surface area contributed by atoms with E-state index >= 15 is 0 Å². The van der Waals surface area contributed by atoms with Crippen LogP contribution in [0.25, 0.3) is 0 Å². The zero-order chi connectivity index (χ0) is 21.0. The summed E-state index contributed by atoms with van der Waals surface area (Å²) in [5, 5.41) is 7.71. The van der Waals surface area contributed by atoms with Crippen molar-refractivity contribution in [3.05, 3.63) is 68.2 Å². The molecule has 0 aliphatic rings. The number of esters is 1. The molecular weight excluding hydrogens is 408 g/mol. The Kier molecular flexibility index (Phi) is 6.46. The normalized spacial score (nSPS) is 10.4. The molecule has 29 heavy (non-hydrogen) atoms. The number of amides is 2. The molecule has 150 valence electrons. The maximum Gasteiger partial charge on any atom is 0.341 e. The van der Waals surface area contributed by atoms with Crippen molar-refractivity contribution in [3.8, 4) is 0 Å². The number of ether oxygens (including phenoxy) is 1.